The maximum atomic E-state index is 3.63. The second kappa shape index (κ2) is 6.61. The van der Waals surface area contributed by atoms with Crippen LogP contribution in [0, 0.1) is 17.8 Å². The van der Waals surface area contributed by atoms with Crippen LogP contribution >= 0.6 is 0 Å². The standard InChI is InChI=1S/C14H28N2/c1-12(14-6-7-14)10-15-8-2-4-13-5-3-9-16-11-13/h12-16H,2-11H2,1H3. The van der Waals surface area contributed by atoms with Gasteiger partial charge in [0.05, 0.1) is 0 Å². The fourth-order valence-electron chi connectivity index (χ4n) is 2.85. The van der Waals surface area contributed by atoms with E-state index in [-0.39, 0.29) is 0 Å². The molecule has 0 spiro atoms. The first-order valence-electron chi connectivity index (χ1n) is 7.27. The summed E-state index contributed by atoms with van der Waals surface area (Å²) in [5.41, 5.74) is 0. The molecule has 1 aliphatic heterocycles. The minimum absolute atomic E-state index is 0.913. The molecule has 1 aliphatic carbocycles. The lowest BCUT2D eigenvalue weighted by Gasteiger charge is -2.22. The molecule has 0 aromatic carbocycles. The third-order valence-electron chi connectivity index (χ3n) is 4.26. The first-order valence-corrected chi connectivity index (χ1v) is 7.27. The van der Waals surface area contributed by atoms with Gasteiger partial charge in [-0.15, -0.1) is 0 Å². The normalized spacial score (nSPS) is 27.9. The van der Waals surface area contributed by atoms with Crippen molar-refractivity contribution in [2.75, 3.05) is 26.2 Å². The van der Waals surface area contributed by atoms with Crippen LogP contribution in [0.4, 0.5) is 0 Å². The molecule has 0 amide bonds. The first-order chi connectivity index (χ1) is 7.86. The SMILES string of the molecule is CC(CNCCCC1CCCNC1)C1CC1. The molecule has 0 radical (unpaired) electrons. The van der Waals surface area contributed by atoms with Gasteiger partial charge < -0.3 is 10.6 Å². The molecule has 0 bridgehead atoms. The molecule has 0 aromatic heterocycles. The van der Waals surface area contributed by atoms with E-state index in [2.05, 4.69) is 17.6 Å². The van der Waals surface area contributed by atoms with Gasteiger partial charge in [0.1, 0.15) is 0 Å². The lowest BCUT2D eigenvalue weighted by Crippen LogP contribution is -2.30. The number of hydrogen-bond donors (Lipinski definition) is 2. The van der Waals surface area contributed by atoms with E-state index in [1.807, 2.05) is 0 Å². The van der Waals surface area contributed by atoms with Gasteiger partial charge in [0.2, 0.25) is 0 Å². The topological polar surface area (TPSA) is 24.1 Å². The number of rotatable bonds is 7. The Morgan fingerprint density at radius 1 is 1.31 bits per heavy atom. The molecule has 16 heavy (non-hydrogen) atoms. The molecule has 2 rings (SSSR count). The predicted molar refractivity (Wildman–Crippen MR) is 69.6 cm³/mol. The van der Waals surface area contributed by atoms with Gasteiger partial charge in [-0.3, -0.25) is 0 Å². The van der Waals surface area contributed by atoms with Crippen molar-refractivity contribution in [1.82, 2.24) is 10.6 Å². The Morgan fingerprint density at radius 3 is 2.88 bits per heavy atom. The van der Waals surface area contributed by atoms with Gasteiger partial charge in [0.15, 0.2) is 0 Å². The minimum atomic E-state index is 0.913. The summed E-state index contributed by atoms with van der Waals surface area (Å²) in [5.74, 6) is 2.92. The molecule has 1 saturated carbocycles. The lowest BCUT2D eigenvalue weighted by molar-refractivity contribution is 0.345. The minimum Gasteiger partial charge on any atom is -0.316 e. The summed E-state index contributed by atoms with van der Waals surface area (Å²) in [6.45, 7) is 7.38. The van der Waals surface area contributed by atoms with E-state index in [0.29, 0.717) is 0 Å². The van der Waals surface area contributed by atoms with Crippen molar-refractivity contribution in [3.63, 3.8) is 0 Å². The highest BCUT2D eigenvalue weighted by atomic mass is 14.9. The van der Waals surface area contributed by atoms with Crippen molar-refractivity contribution in [2.24, 2.45) is 17.8 Å². The smallest absolute Gasteiger partial charge is 0.00205 e. The second-order valence-corrected chi connectivity index (χ2v) is 5.87. The van der Waals surface area contributed by atoms with Gasteiger partial charge in [-0.05, 0) is 82.5 Å². The van der Waals surface area contributed by atoms with Gasteiger partial charge in [-0.2, -0.15) is 0 Å². The molecule has 2 atom stereocenters. The first kappa shape index (κ1) is 12.4. The summed E-state index contributed by atoms with van der Waals surface area (Å²) in [7, 11) is 0. The summed E-state index contributed by atoms with van der Waals surface area (Å²) in [4.78, 5) is 0. The Bertz CT molecular complexity index is 183. The molecule has 2 N–H and O–H groups in total. The number of hydrogen-bond acceptors (Lipinski definition) is 2. The van der Waals surface area contributed by atoms with Crippen LogP contribution in [0.5, 0.6) is 0 Å². The molecular formula is C14H28N2. The molecule has 2 aliphatic rings. The highest BCUT2D eigenvalue weighted by molar-refractivity contribution is 4.79. The molecular weight excluding hydrogens is 196 g/mol. The summed E-state index contributed by atoms with van der Waals surface area (Å²) in [6.07, 6.45) is 8.58. The van der Waals surface area contributed by atoms with E-state index in [1.165, 1.54) is 64.7 Å². The maximum Gasteiger partial charge on any atom is -0.00205 e. The highest BCUT2D eigenvalue weighted by Gasteiger charge is 2.27. The van der Waals surface area contributed by atoms with Crippen molar-refractivity contribution in [1.29, 1.82) is 0 Å². The van der Waals surface area contributed by atoms with Gasteiger partial charge in [-0.25, -0.2) is 0 Å². The van der Waals surface area contributed by atoms with E-state index in [4.69, 9.17) is 0 Å². The zero-order valence-electron chi connectivity index (χ0n) is 10.8. The van der Waals surface area contributed by atoms with Gasteiger partial charge in [0.25, 0.3) is 0 Å². The second-order valence-electron chi connectivity index (χ2n) is 5.87. The Kier molecular flexibility index (Phi) is 5.11. The third kappa shape index (κ3) is 4.42. The van der Waals surface area contributed by atoms with Crippen molar-refractivity contribution in [3.8, 4) is 0 Å². The van der Waals surface area contributed by atoms with Crippen LogP contribution in [0.2, 0.25) is 0 Å². The molecule has 94 valence electrons. The lowest BCUT2D eigenvalue weighted by atomic mass is 9.95. The number of nitrogens with one attached hydrogen (secondary N) is 2. The largest absolute Gasteiger partial charge is 0.316 e. The molecule has 1 heterocycles. The quantitative estimate of drug-likeness (QED) is 0.649. The van der Waals surface area contributed by atoms with E-state index in [0.717, 1.165) is 17.8 Å². The van der Waals surface area contributed by atoms with Crippen molar-refractivity contribution >= 4 is 0 Å². The van der Waals surface area contributed by atoms with Crippen LogP contribution in [0.15, 0.2) is 0 Å². The fourth-order valence-corrected chi connectivity index (χ4v) is 2.85. The van der Waals surface area contributed by atoms with Gasteiger partial charge >= 0.3 is 0 Å². The maximum absolute atomic E-state index is 3.63. The predicted octanol–water partition coefficient (Wildman–Crippen LogP) is 2.40. The van der Waals surface area contributed by atoms with Crippen molar-refractivity contribution in [3.05, 3.63) is 0 Å². The zero-order valence-corrected chi connectivity index (χ0v) is 10.8. The van der Waals surface area contributed by atoms with Gasteiger partial charge in [-0.1, -0.05) is 6.92 Å². The van der Waals surface area contributed by atoms with E-state index in [1.54, 1.807) is 0 Å². The summed E-state index contributed by atoms with van der Waals surface area (Å²) in [5, 5.41) is 7.12. The highest BCUT2D eigenvalue weighted by Crippen LogP contribution is 2.36. The zero-order chi connectivity index (χ0) is 11.2. The Hall–Kier alpha value is -0.0800. The summed E-state index contributed by atoms with van der Waals surface area (Å²) >= 11 is 0. The van der Waals surface area contributed by atoms with Crippen LogP contribution in [0.3, 0.4) is 0 Å². The van der Waals surface area contributed by atoms with Crippen LogP contribution in [0.1, 0.15) is 45.4 Å². The van der Waals surface area contributed by atoms with Gasteiger partial charge in [0, 0.05) is 0 Å². The average molecular weight is 224 g/mol. The van der Waals surface area contributed by atoms with Crippen molar-refractivity contribution < 1.29 is 0 Å². The molecule has 0 aromatic rings. The molecule has 2 heteroatoms. The van der Waals surface area contributed by atoms with Crippen LogP contribution in [0.25, 0.3) is 0 Å². The Balaban J connectivity index is 1.42. The van der Waals surface area contributed by atoms with Crippen LogP contribution in [-0.4, -0.2) is 26.2 Å². The van der Waals surface area contributed by atoms with E-state index >= 15 is 0 Å². The Labute approximate surface area is 101 Å². The average Bonchev–Trinajstić information content (AvgIpc) is 3.13. The summed E-state index contributed by atoms with van der Waals surface area (Å²) in [6, 6.07) is 0. The third-order valence-corrected chi connectivity index (χ3v) is 4.26. The molecule has 2 nitrogen and oxygen atoms in total. The molecule has 2 unspecified atom stereocenters. The van der Waals surface area contributed by atoms with E-state index in [9.17, 15) is 0 Å². The molecule has 1 saturated heterocycles. The summed E-state index contributed by atoms with van der Waals surface area (Å²) < 4.78 is 0. The fraction of sp³-hybridized carbons (Fsp3) is 1.00. The van der Waals surface area contributed by atoms with Crippen molar-refractivity contribution in [2.45, 2.75) is 45.4 Å². The van der Waals surface area contributed by atoms with Crippen LogP contribution < -0.4 is 10.6 Å². The monoisotopic (exact) mass is 224 g/mol. The van der Waals surface area contributed by atoms with E-state index < -0.39 is 0 Å². The Morgan fingerprint density at radius 2 is 2.19 bits per heavy atom. The molecule has 2 fully saturated rings. The number of piperidine rings is 1. The van der Waals surface area contributed by atoms with Crippen LogP contribution in [-0.2, 0) is 0 Å².